The van der Waals surface area contributed by atoms with Crippen LogP contribution in [0, 0.1) is 11.8 Å². The van der Waals surface area contributed by atoms with Gasteiger partial charge in [0.25, 0.3) is 0 Å². The number of amides is 1. The molecule has 0 bridgehead atoms. The van der Waals surface area contributed by atoms with Gasteiger partial charge in [-0.05, 0) is 43.3 Å². The van der Waals surface area contributed by atoms with Crippen molar-refractivity contribution in [2.24, 2.45) is 11.8 Å². The summed E-state index contributed by atoms with van der Waals surface area (Å²) in [5, 5.41) is 5.79. The van der Waals surface area contributed by atoms with E-state index < -0.39 is 12.2 Å². The number of halogens is 3. The van der Waals surface area contributed by atoms with E-state index in [1.807, 2.05) is 0 Å². The zero-order chi connectivity index (χ0) is 17.9. The van der Waals surface area contributed by atoms with Gasteiger partial charge in [0.2, 0.25) is 5.91 Å². The fraction of sp³-hybridized carbons (Fsp3) is 0.611. The summed E-state index contributed by atoms with van der Waals surface area (Å²) in [6.07, 6.45) is -2.60. The molecule has 1 aromatic carbocycles. The Balaban J connectivity index is 1.58. The van der Waals surface area contributed by atoms with Crippen LogP contribution in [0.1, 0.15) is 24.4 Å². The minimum atomic E-state index is -4.44. The number of likely N-dealkylation sites (tertiary alicyclic amines) is 1. The summed E-state index contributed by atoms with van der Waals surface area (Å²) in [6, 6.07) is 5.84. The standard InChI is InChI=1S/C18H24F3N3O/c19-18(20,21)17(13-4-2-1-3-5-13)23-12-16(25)24-8-6-14-10-22-11-15(14)7-9-24/h1-5,14-15,17,22-23H,6-12H2/t14-,15+,17?. The molecule has 0 saturated carbocycles. The predicted molar refractivity (Wildman–Crippen MR) is 88.9 cm³/mol. The summed E-state index contributed by atoms with van der Waals surface area (Å²) in [4.78, 5) is 14.1. The Morgan fingerprint density at radius 2 is 1.76 bits per heavy atom. The normalized spacial score (nSPS) is 25.3. The third kappa shape index (κ3) is 4.52. The lowest BCUT2D eigenvalue weighted by Crippen LogP contribution is -2.43. The Morgan fingerprint density at radius 3 is 2.32 bits per heavy atom. The summed E-state index contributed by atoms with van der Waals surface area (Å²) < 4.78 is 40.0. The first-order valence-corrected chi connectivity index (χ1v) is 8.78. The topological polar surface area (TPSA) is 44.4 Å². The summed E-state index contributed by atoms with van der Waals surface area (Å²) in [5.74, 6) is 0.911. The number of benzene rings is 1. The van der Waals surface area contributed by atoms with Gasteiger partial charge in [-0.15, -0.1) is 0 Å². The Morgan fingerprint density at radius 1 is 1.16 bits per heavy atom. The number of alkyl halides is 3. The maximum Gasteiger partial charge on any atom is 0.407 e. The molecule has 2 aliphatic rings. The lowest BCUT2D eigenvalue weighted by molar-refractivity contribution is -0.159. The van der Waals surface area contributed by atoms with Crippen LogP contribution in [0.2, 0.25) is 0 Å². The minimum Gasteiger partial charge on any atom is -0.342 e. The van der Waals surface area contributed by atoms with E-state index in [4.69, 9.17) is 0 Å². The van der Waals surface area contributed by atoms with Gasteiger partial charge in [0.1, 0.15) is 6.04 Å². The van der Waals surface area contributed by atoms with E-state index in [9.17, 15) is 18.0 Å². The van der Waals surface area contributed by atoms with Gasteiger partial charge in [0.05, 0.1) is 6.54 Å². The van der Waals surface area contributed by atoms with Crippen molar-refractivity contribution in [2.45, 2.75) is 25.1 Å². The smallest absolute Gasteiger partial charge is 0.342 e. The van der Waals surface area contributed by atoms with Crippen LogP contribution < -0.4 is 10.6 Å². The first kappa shape index (κ1) is 18.2. The molecule has 2 heterocycles. The van der Waals surface area contributed by atoms with Crippen LogP contribution in [0.15, 0.2) is 30.3 Å². The quantitative estimate of drug-likeness (QED) is 0.871. The number of hydrogen-bond donors (Lipinski definition) is 2. The van der Waals surface area contributed by atoms with Crippen LogP contribution in [0.25, 0.3) is 0 Å². The maximum absolute atomic E-state index is 13.3. The number of hydrogen-bond acceptors (Lipinski definition) is 3. The van der Waals surface area contributed by atoms with Crippen LogP contribution in [0.3, 0.4) is 0 Å². The maximum atomic E-state index is 13.3. The van der Waals surface area contributed by atoms with Crippen molar-refractivity contribution in [3.8, 4) is 0 Å². The van der Waals surface area contributed by atoms with Crippen LogP contribution in [0.5, 0.6) is 0 Å². The zero-order valence-corrected chi connectivity index (χ0v) is 14.1. The molecule has 1 aromatic rings. The summed E-state index contributed by atoms with van der Waals surface area (Å²) >= 11 is 0. The minimum absolute atomic E-state index is 0.124. The number of fused-ring (bicyclic) bond motifs is 1. The average Bonchev–Trinajstić information content (AvgIpc) is 2.93. The molecule has 4 nitrogen and oxygen atoms in total. The number of carbonyl (C=O) groups is 1. The highest BCUT2D eigenvalue weighted by Crippen LogP contribution is 2.32. The molecule has 2 N–H and O–H groups in total. The van der Waals surface area contributed by atoms with E-state index in [1.165, 1.54) is 12.1 Å². The lowest BCUT2D eigenvalue weighted by atomic mass is 9.92. The average molecular weight is 355 g/mol. The Kier molecular flexibility index (Phi) is 5.64. The number of rotatable bonds is 4. The van der Waals surface area contributed by atoms with Gasteiger partial charge in [-0.2, -0.15) is 13.2 Å². The molecule has 1 amide bonds. The number of carbonyl (C=O) groups excluding carboxylic acids is 1. The van der Waals surface area contributed by atoms with E-state index in [1.54, 1.807) is 23.1 Å². The van der Waals surface area contributed by atoms with Crippen molar-refractivity contribution in [3.63, 3.8) is 0 Å². The molecule has 2 aliphatic heterocycles. The third-order valence-electron chi connectivity index (χ3n) is 5.29. The van der Waals surface area contributed by atoms with Crippen molar-refractivity contribution in [3.05, 3.63) is 35.9 Å². The van der Waals surface area contributed by atoms with Crippen LogP contribution in [-0.4, -0.2) is 49.7 Å². The Bertz CT molecular complexity index is 565. The molecule has 1 unspecified atom stereocenters. The molecule has 138 valence electrons. The van der Waals surface area contributed by atoms with Gasteiger partial charge in [0.15, 0.2) is 0 Å². The van der Waals surface area contributed by atoms with Crippen LogP contribution >= 0.6 is 0 Å². The molecule has 7 heteroatoms. The molecular formula is C18H24F3N3O. The molecule has 0 spiro atoms. The molecule has 2 saturated heterocycles. The molecule has 3 rings (SSSR count). The first-order valence-electron chi connectivity index (χ1n) is 8.78. The van der Waals surface area contributed by atoms with Gasteiger partial charge in [0, 0.05) is 13.1 Å². The second-order valence-electron chi connectivity index (χ2n) is 6.90. The van der Waals surface area contributed by atoms with Crippen molar-refractivity contribution in [1.82, 2.24) is 15.5 Å². The van der Waals surface area contributed by atoms with Crippen LogP contribution in [0.4, 0.5) is 13.2 Å². The van der Waals surface area contributed by atoms with Gasteiger partial charge in [-0.1, -0.05) is 30.3 Å². The summed E-state index contributed by atoms with van der Waals surface area (Å²) in [5.41, 5.74) is 0.124. The van der Waals surface area contributed by atoms with Crippen molar-refractivity contribution in [2.75, 3.05) is 32.7 Å². The second kappa shape index (κ2) is 7.74. The van der Waals surface area contributed by atoms with E-state index in [0.717, 1.165) is 25.9 Å². The zero-order valence-electron chi connectivity index (χ0n) is 14.1. The van der Waals surface area contributed by atoms with Gasteiger partial charge in [-0.3, -0.25) is 10.1 Å². The highest BCUT2D eigenvalue weighted by atomic mass is 19.4. The molecular weight excluding hydrogens is 331 g/mol. The van der Waals surface area contributed by atoms with E-state index >= 15 is 0 Å². The predicted octanol–water partition coefficient (Wildman–Crippen LogP) is 2.34. The molecule has 0 radical (unpaired) electrons. The van der Waals surface area contributed by atoms with Crippen molar-refractivity contribution in [1.29, 1.82) is 0 Å². The van der Waals surface area contributed by atoms with Gasteiger partial charge in [-0.25, -0.2) is 0 Å². The molecule has 25 heavy (non-hydrogen) atoms. The van der Waals surface area contributed by atoms with E-state index in [-0.39, 0.29) is 18.0 Å². The SMILES string of the molecule is O=C(CNC(c1ccccc1)C(F)(F)F)N1CC[C@@H]2CNC[C@@H]2CC1. The number of nitrogens with zero attached hydrogens (tertiary/aromatic N) is 1. The molecule has 0 aliphatic carbocycles. The fourth-order valence-corrected chi connectivity index (χ4v) is 3.84. The molecule has 3 atom stereocenters. The van der Waals surface area contributed by atoms with Crippen molar-refractivity contribution >= 4 is 5.91 Å². The number of nitrogens with one attached hydrogen (secondary N) is 2. The molecule has 0 aromatic heterocycles. The van der Waals surface area contributed by atoms with Crippen molar-refractivity contribution < 1.29 is 18.0 Å². The fourth-order valence-electron chi connectivity index (χ4n) is 3.84. The largest absolute Gasteiger partial charge is 0.407 e. The monoisotopic (exact) mass is 355 g/mol. The highest BCUT2D eigenvalue weighted by molar-refractivity contribution is 5.78. The Hall–Kier alpha value is -1.60. The van der Waals surface area contributed by atoms with E-state index in [2.05, 4.69) is 10.6 Å². The van der Waals surface area contributed by atoms with Crippen LogP contribution in [-0.2, 0) is 4.79 Å². The summed E-state index contributed by atoms with van der Waals surface area (Å²) in [6.45, 7) is 2.92. The van der Waals surface area contributed by atoms with Gasteiger partial charge < -0.3 is 10.2 Å². The first-order chi connectivity index (χ1) is 11.9. The highest BCUT2D eigenvalue weighted by Gasteiger charge is 2.41. The second-order valence-corrected chi connectivity index (χ2v) is 6.90. The van der Waals surface area contributed by atoms with Gasteiger partial charge >= 0.3 is 6.18 Å². The van der Waals surface area contributed by atoms with E-state index in [0.29, 0.717) is 24.9 Å². The third-order valence-corrected chi connectivity index (χ3v) is 5.29. The molecule has 2 fully saturated rings. The summed E-state index contributed by atoms with van der Waals surface area (Å²) in [7, 11) is 0. The lowest BCUT2D eigenvalue weighted by Gasteiger charge is -2.25. The Labute approximate surface area is 145 Å².